The molecule has 3 rings (SSSR count). The van der Waals surface area contributed by atoms with Gasteiger partial charge in [0.2, 0.25) is 10.0 Å². The number of nitrogens with zero attached hydrogens (tertiary/aromatic N) is 3. The van der Waals surface area contributed by atoms with Crippen molar-refractivity contribution in [2.45, 2.75) is 26.2 Å². The van der Waals surface area contributed by atoms with Crippen LogP contribution < -0.4 is 4.90 Å². The number of sulfonamides is 1. The number of rotatable bonds is 2. The molecule has 2 aliphatic rings. The van der Waals surface area contributed by atoms with Gasteiger partial charge in [-0.25, -0.2) is 17.7 Å². The zero-order valence-corrected chi connectivity index (χ0v) is 13.6. The normalized spacial score (nSPS) is 27.4. The minimum absolute atomic E-state index is 0.104. The number of aryl methyl sites for hydroxylation is 1. The predicted octanol–water partition coefficient (Wildman–Crippen LogP) is 1.64. The van der Waals surface area contributed by atoms with Crippen molar-refractivity contribution in [1.82, 2.24) is 9.29 Å². The van der Waals surface area contributed by atoms with E-state index >= 15 is 0 Å². The molecule has 1 spiro atoms. The molecule has 2 aliphatic heterocycles. The van der Waals surface area contributed by atoms with Crippen LogP contribution in [-0.2, 0) is 10.0 Å². The number of piperidine rings is 1. The van der Waals surface area contributed by atoms with E-state index in [0.29, 0.717) is 13.1 Å². The number of hydrogen-bond donors (Lipinski definition) is 0. The summed E-state index contributed by atoms with van der Waals surface area (Å²) in [6, 6.07) is 6.08. The van der Waals surface area contributed by atoms with Crippen LogP contribution in [0.25, 0.3) is 0 Å². The Morgan fingerprint density at radius 3 is 2.71 bits per heavy atom. The van der Waals surface area contributed by atoms with Crippen LogP contribution in [-0.4, -0.2) is 50.1 Å². The van der Waals surface area contributed by atoms with Crippen molar-refractivity contribution in [1.29, 1.82) is 0 Å². The molecule has 6 heteroatoms. The molecule has 5 nitrogen and oxygen atoms in total. The summed E-state index contributed by atoms with van der Waals surface area (Å²) in [7, 11) is -3.08. The maximum absolute atomic E-state index is 11.8. The Morgan fingerprint density at radius 1 is 1.19 bits per heavy atom. The van der Waals surface area contributed by atoms with E-state index in [1.54, 1.807) is 4.31 Å². The molecule has 21 heavy (non-hydrogen) atoms. The van der Waals surface area contributed by atoms with Crippen LogP contribution in [0.1, 0.15) is 25.0 Å². The first-order valence-corrected chi connectivity index (χ1v) is 9.37. The van der Waals surface area contributed by atoms with E-state index in [2.05, 4.69) is 9.88 Å². The topological polar surface area (TPSA) is 53.5 Å². The summed E-state index contributed by atoms with van der Waals surface area (Å²) in [5, 5.41) is 0. The fourth-order valence-corrected chi connectivity index (χ4v) is 4.58. The summed E-state index contributed by atoms with van der Waals surface area (Å²) in [5.41, 5.74) is 1.13. The number of anilines is 1. The molecule has 0 amide bonds. The Kier molecular flexibility index (Phi) is 3.69. The quantitative estimate of drug-likeness (QED) is 0.833. The molecule has 1 atom stereocenters. The molecule has 2 saturated heterocycles. The lowest BCUT2D eigenvalue weighted by molar-refractivity contribution is 0.169. The minimum atomic E-state index is -3.08. The molecule has 1 aromatic heterocycles. The molecule has 0 radical (unpaired) electrons. The summed E-state index contributed by atoms with van der Waals surface area (Å²) in [6.07, 6.45) is 4.44. The summed E-state index contributed by atoms with van der Waals surface area (Å²) in [5.74, 6) is 1.02. The zero-order chi connectivity index (χ0) is 15.1. The van der Waals surface area contributed by atoms with Crippen molar-refractivity contribution in [3.8, 4) is 0 Å². The van der Waals surface area contributed by atoms with E-state index in [1.807, 2.05) is 25.1 Å². The molecule has 0 N–H and O–H groups in total. The molecule has 0 bridgehead atoms. The Balaban J connectivity index is 1.76. The highest BCUT2D eigenvalue weighted by atomic mass is 32.2. The second-order valence-corrected chi connectivity index (χ2v) is 8.49. The van der Waals surface area contributed by atoms with Gasteiger partial charge in [0.05, 0.1) is 6.26 Å². The van der Waals surface area contributed by atoms with Gasteiger partial charge in [-0.15, -0.1) is 0 Å². The summed E-state index contributed by atoms with van der Waals surface area (Å²) in [6.45, 7) is 5.21. The van der Waals surface area contributed by atoms with E-state index in [-0.39, 0.29) is 5.41 Å². The number of pyridine rings is 1. The van der Waals surface area contributed by atoms with E-state index in [9.17, 15) is 8.42 Å². The Hall–Kier alpha value is -1.14. The Labute approximate surface area is 127 Å². The highest BCUT2D eigenvalue weighted by Crippen LogP contribution is 2.40. The molecule has 3 heterocycles. The lowest BCUT2D eigenvalue weighted by Gasteiger charge is -2.39. The van der Waals surface area contributed by atoms with Gasteiger partial charge in [-0.1, -0.05) is 6.07 Å². The van der Waals surface area contributed by atoms with E-state index in [0.717, 1.165) is 43.9 Å². The van der Waals surface area contributed by atoms with Crippen molar-refractivity contribution < 1.29 is 8.42 Å². The van der Waals surface area contributed by atoms with Gasteiger partial charge in [-0.2, -0.15) is 0 Å². The molecule has 0 aromatic carbocycles. The summed E-state index contributed by atoms with van der Waals surface area (Å²) >= 11 is 0. The first-order valence-electron chi connectivity index (χ1n) is 7.52. The van der Waals surface area contributed by atoms with Crippen LogP contribution in [0.15, 0.2) is 18.2 Å². The predicted molar refractivity (Wildman–Crippen MR) is 83.9 cm³/mol. The largest absolute Gasteiger partial charge is 0.356 e. The third-order valence-corrected chi connectivity index (χ3v) is 5.98. The third-order valence-electron chi connectivity index (χ3n) is 4.73. The fraction of sp³-hybridized carbons (Fsp3) is 0.667. The Morgan fingerprint density at radius 2 is 2.00 bits per heavy atom. The van der Waals surface area contributed by atoms with Gasteiger partial charge in [0.1, 0.15) is 5.82 Å². The lowest BCUT2D eigenvalue weighted by Crippen LogP contribution is -2.47. The first kappa shape index (κ1) is 14.8. The van der Waals surface area contributed by atoms with Crippen molar-refractivity contribution in [3.63, 3.8) is 0 Å². The molecule has 1 unspecified atom stereocenters. The van der Waals surface area contributed by atoms with Gasteiger partial charge in [0.15, 0.2) is 0 Å². The highest BCUT2D eigenvalue weighted by molar-refractivity contribution is 7.88. The smallest absolute Gasteiger partial charge is 0.211 e. The van der Waals surface area contributed by atoms with E-state index < -0.39 is 10.0 Å². The van der Waals surface area contributed by atoms with Crippen molar-refractivity contribution in [2.75, 3.05) is 37.3 Å². The van der Waals surface area contributed by atoms with Gasteiger partial charge in [-0.3, -0.25) is 0 Å². The van der Waals surface area contributed by atoms with Gasteiger partial charge < -0.3 is 4.90 Å². The van der Waals surface area contributed by atoms with Crippen molar-refractivity contribution in [3.05, 3.63) is 23.9 Å². The molecule has 1 aromatic rings. The molecular formula is C15H23N3O2S. The van der Waals surface area contributed by atoms with Crippen LogP contribution in [0.2, 0.25) is 0 Å². The van der Waals surface area contributed by atoms with Gasteiger partial charge >= 0.3 is 0 Å². The van der Waals surface area contributed by atoms with Crippen molar-refractivity contribution >= 4 is 15.8 Å². The van der Waals surface area contributed by atoms with Crippen LogP contribution in [0.3, 0.4) is 0 Å². The third kappa shape index (κ3) is 3.06. The van der Waals surface area contributed by atoms with E-state index in [4.69, 9.17) is 0 Å². The van der Waals surface area contributed by atoms with Crippen LogP contribution >= 0.6 is 0 Å². The van der Waals surface area contributed by atoms with Gasteiger partial charge in [-0.05, 0) is 38.3 Å². The molecule has 116 valence electrons. The minimum Gasteiger partial charge on any atom is -0.356 e. The summed E-state index contributed by atoms with van der Waals surface area (Å²) < 4.78 is 25.3. The number of aromatic nitrogens is 1. The zero-order valence-electron chi connectivity index (χ0n) is 12.7. The number of hydrogen-bond acceptors (Lipinski definition) is 4. The fourth-order valence-electron chi connectivity index (χ4n) is 3.61. The first-order chi connectivity index (χ1) is 9.88. The standard InChI is InChI=1S/C15H23N3O2S/c1-13-5-3-6-14(16-13)17-10-8-15(11-17)7-4-9-18(12-15)21(2,19)20/h3,5-6H,4,7-12H2,1-2H3. The average molecular weight is 309 g/mol. The molecular weight excluding hydrogens is 286 g/mol. The molecule has 0 aliphatic carbocycles. The summed E-state index contributed by atoms with van der Waals surface area (Å²) in [4.78, 5) is 6.90. The molecule has 0 saturated carbocycles. The van der Waals surface area contributed by atoms with Crippen LogP contribution in [0.4, 0.5) is 5.82 Å². The maximum Gasteiger partial charge on any atom is 0.211 e. The Bertz CT molecular complexity index is 632. The molecule has 2 fully saturated rings. The lowest BCUT2D eigenvalue weighted by atomic mass is 9.80. The van der Waals surface area contributed by atoms with Crippen molar-refractivity contribution in [2.24, 2.45) is 5.41 Å². The van der Waals surface area contributed by atoms with Gasteiger partial charge in [0, 0.05) is 37.3 Å². The monoisotopic (exact) mass is 309 g/mol. The second-order valence-electron chi connectivity index (χ2n) is 6.51. The van der Waals surface area contributed by atoms with Crippen LogP contribution in [0.5, 0.6) is 0 Å². The highest BCUT2D eigenvalue weighted by Gasteiger charge is 2.43. The van der Waals surface area contributed by atoms with E-state index in [1.165, 1.54) is 6.26 Å². The second kappa shape index (κ2) is 5.25. The SMILES string of the molecule is Cc1cccc(N2CCC3(CCCN(S(C)(=O)=O)C3)C2)n1. The maximum atomic E-state index is 11.8. The van der Waals surface area contributed by atoms with Gasteiger partial charge in [0.25, 0.3) is 0 Å². The average Bonchev–Trinajstić information content (AvgIpc) is 2.82. The van der Waals surface area contributed by atoms with Crippen LogP contribution in [0, 0.1) is 12.3 Å².